The van der Waals surface area contributed by atoms with Gasteiger partial charge in [-0.05, 0) is 62.2 Å². The average molecular weight is 389 g/mol. The number of nitrogens with one attached hydrogen (secondary N) is 1. The van der Waals surface area contributed by atoms with Crippen molar-refractivity contribution in [1.29, 1.82) is 0 Å². The predicted molar refractivity (Wildman–Crippen MR) is 94.9 cm³/mol. The number of nitrogens with zero attached hydrogens (tertiary/aromatic N) is 1. The molecule has 1 aromatic rings. The molecule has 2 aliphatic carbocycles. The van der Waals surface area contributed by atoms with Crippen molar-refractivity contribution >= 4 is 18.3 Å². The summed E-state index contributed by atoms with van der Waals surface area (Å²) in [5.41, 5.74) is -0.310. The van der Waals surface area contributed by atoms with Crippen LogP contribution in [0.1, 0.15) is 43.2 Å². The summed E-state index contributed by atoms with van der Waals surface area (Å²) in [7, 11) is 0. The summed E-state index contributed by atoms with van der Waals surface area (Å²) < 4.78 is 39.8. The molecule has 3 aliphatic rings. The minimum absolute atomic E-state index is 0. The molecule has 1 unspecified atom stereocenters. The lowest BCUT2D eigenvalue weighted by atomic mass is 9.91. The highest BCUT2D eigenvalue weighted by atomic mass is 35.5. The summed E-state index contributed by atoms with van der Waals surface area (Å²) >= 11 is 0. The number of carbonyl (C=O) groups is 1. The molecule has 1 saturated heterocycles. The Morgan fingerprint density at radius 3 is 2.46 bits per heavy atom. The fourth-order valence-corrected chi connectivity index (χ4v) is 4.27. The Hall–Kier alpha value is -1.27. The second kappa shape index (κ2) is 7.04. The first-order valence-electron chi connectivity index (χ1n) is 9.07. The molecular weight excluding hydrogens is 365 g/mol. The summed E-state index contributed by atoms with van der Waals surface area (Å²) in [6.07, 6.45) is 0.326. The summed E-state index contributed by atoms with van der Waals surface area (Å²) in [5.74, 6) is 0.0784. The fraction of sp³-hybridized carbons (Fsp3) is 0.632. The highest BCUT2D eigenvalue weighted by Gasteiger charge is 2.59. The Balaban J connectivity index is 0.00000196. The first-order chi connectivity index (χ1) is 11.9. The SMILES string of the molecule is Cl.O=C(C1CC12CCNCC2)N(Cc1ccccc1C(F)(F)F)C1CC1. The number of hydrogen-bond donors (Lipinski definition) is 1. The molecule has 3 nitrogen and oxygen atoms in total. The van der Waals surface area contributed by atoms with Crippen LogP contribution in [0.3, 0.4) is 0 Å². The van der Waals surface area contributed by atoms with Crippen LogP contribution in [0.2, 0.25) is 0 Å². The third kappa shape index (κ3) is 3.72. The molecule has 1 aliphatic heterocycles. The molecule has 0 aromatic heterocycles. The van der Waals surface area contributed by atoms with Crippen LogP contribution in [-0.4, -0.2) is 29.9 Å². The summed E-state index contributed by atoms with van der Waals surface area (Å²) in [6, 6.07) is 5.74. The Labute approximate surface area is 157 Å². The van der Waals surface area contributed by atoms with Crippen molar-refractivity contribution in [3.05, 3.63) is 35.4 Å². The van der Waals surface area contributed by atoms with Crippen molar-refractivity contribution in [2.45, 2.75) is 50.9 Å². The Bertz CT molecular complexity index is 669. The zero-order valence-electron chi connectivity index (χ0n) is 14.5. The lowest BCUT2D eigenvalue weighted by Crippen LogP contribution is -2.37. The quantitative estimate of drug-likeness (QED) is 0.845. The zero-order valence-corrected chi connectivity index (χ0v) is 15.3. The number of amides is 1. The van der Waals surface area contributed by atoms with Crippen molar-refractivity contribution in [3.63, 3.8) is 0 Å². The maximum absolute atomic E-state index is 13.3. The van der Waals surface area contributed by atoms with Gasteiger partial charge in [0.25, 0.3) is 0 Å². The molecule has 26 heavy (non-hydrogen) atoms. The van der Waals surface area contributed by atoms with Crippen LogP contribution in [0.25, 0.3) is 0 Å². The third-order valence-electron chi connectivity index (χ3n) is 6.02. The lowest BCUT2D eigenvalue weighted by molar-refractivity contribution is -0.140. The summed E-state index contributed by atoms with van der Waals surface area (Å²) in [6.45, 7) is 1.94. The minimum Gasteiger partial charge on any atom is -0.335 e. The molecule has 1 atom stereocenters. The molecule has 1 amide bonds. The Kier molecular flexibility index (Phi) is 5.28. The first kappa shape index (κ1) is 19.5. The maximum Gasteiger partial charge on any atom is 0.416 e. The van der Waals surface area contributed by atoms with E-state index >= 15 is 0 Å². The molecule has 1 heterocycles. The van der Waals surface area contributed by atoms with E-state index in [-0.39, 0.29) is 47.8 Å². The van der Waals surface area contributed by atoms with E-state index in [1.807, 2.05) is 0 Å². The molecule has 144 valence electrons. The number of benzene rings is 1. The molecule has 2 saturated carbocycles. The van der Waals surface area contributed by atoms with E-state index in [0.717, 1.165) is 51.3 Å². The highest BCUT2D eigenvalue weighted by Crippen LogP contribution is 2.59. The van der Waals surface area contributed by atoms with Gasteiger partial charge in [0.15, 0.2) is 0 Å². The molecule has 0 radical (unpaired) electrons. The van der Waals surface area contributed by atoms with Gasteiger partial charge in [-0.15, -0.1) is 12.4 Å². The standard InChI is InChI=1S/C19H23F3N2O.ClH/c20-19(21,22)15-4-2-1-3-13(15)12-24(14-5-6-14)17(25)16-11-18(16)7-9-23-10-8-18;/h1-4,14,16,23H,5-12H2;1H. The van der Waals surface area contributed by atoms with Crippen molar-refractivity contribution in [3.8, 4) is 0 Å². The largest absolute Gasteiger partial charge is 0.416 e. The molecule has 0 bridgehead atoms. The molecule has 7 heteroatoms. The predicted octanol–water partition coefficient (Wildman–Crippen LogP) is 4.01. The number of carbonyl (C=O) groups excluding carboxylic acids is 1. The van der Waals surface area contributed by atoms with E-state index in [1.165, 1.54) is 12.1 Å². The van der Waals surface area contributed by atoms with Gasteiger partial charge < -0.3 is 10.2 Å². The molecular formula is C19H24ClF3N2O. The van der Waals surface area contributed by atoms with Crippen molar-refractivity contribution in [1.82, 2.24) is 10.2 Å². The number of rotatable bonds is 4. The van der Waals surface area contributed by atoms with Crippen LogP contribution in [0.4, 0.5) is 13.2 Å². The van der Waals surface area contributed by atoms with E-state index in [9.17, 15) is 18.0 Å². The molecule has 3 fully saturated rings. The zero-order chi connectivity index (χ0) is 17.7. The van der Waals surface area contributed by atoms with Gasteiger partial charge in [-0.2, -0.15) is 13.2 Å². The Morgan fingerprint density at radius 2 is 1.85 bits per heavy atom. The second-order valence-corrected chi connectivity index (χ2v) is 7.72. The number of halogens is 4. The van der Waals surface area contributed by atoms with Crippen molar-refractivity contribution in [2.24, 2.45) is 11.3 Å². The van der Waals surface area contributed by atoms with Crippen LogP contribution >= 0.6 is 12.4 Å². The van der Waals surface area contributed by atoms with Crippen molar-refractivity contribution < 1.29 is 18.0 Å². The third-order valence-corrected chi connectivity index (χ3v) is 6.02. The van der Waals surface area contributed by atoms with E-state index in [2.05, 4.69) is 5.32 Å². The number of piperidine rings is 1. The van der Waals surface area contributed by atoms with Gasteiger partial charge >= 0.3 is 6.18 Å². The maximum atomic E-state index is 13.3. The first-order valence-corrected chi connectivity index (χ1v) is 9.07. The van der Waals surface area contributed by atoms with E-state index in [1.54, 1.807) is 11.0 Å². The van der Waals surface area contributed by atoms with Gasteiger partial charge in [0, 0.05) is 18.5 Å². The van der Waals surface area contributed by atoms with Gasteiger partial charge in [0.2, 0.25) is 5.91 Å². The van der Waals surface area contributed by atoms with Gasteiger partial charge in [0.05, 0.1) is 5.56 Å². The van der Waals surface area contributed by atoms with Crippen LogP contribution in [0.15, 0.2) is 24.3 Å². The van der Waals surface area contributed by atoms with Gasteiger partial charge in [-0.3, -0.25) is 4.79 Å². The molecule has 1 spiro atoms. The molecule has 1 N–H and O–H groups in total. The molecule has 4 rings (SSSR count). The minimum atomic E-state index is -4.38. The number of hydrogen-bond acceptors (Lipinski definition) is 2. The fourth-order valence-electron chi connectivity index (χ4n) is 4.27. The number of alkyl halides is 3. The average Bonchev–Trinajstić information content (AvgIpc) is 3.49. The summed E-state index contributed by atoms with van der Waals surface area (Å²) in [5, 5.41) is 3.32. The van der Waals surface area contributed by atoms with E-state index in [0.29, 0.717) is 0 Å². The van der Waals surface area contributed by atoms with Crippen LogP contribution < -0.4 is 5.32 Å². The normalized spacial score (nSPS) is 24.0. The monoisotopic (exact) mass is 388 g/mol. The van der Waals surface area contributed by atoms with Gasteiger partial charge in [0.1, 0.15) is 0 Å². The van der Waals surface area contributed by atoms with E-state index < -0.39 is 11.7 Å². The lowest BCUT2D eigenvalue weighted by Gasteiger charge is -2.28. The van der Waals surface area contributed by atoms with Crippen LogP contribution in [0.5, 0.6) is 0 Å². The highest BCUT2D eigenvalue weighted by molar-refractivity contribution is 5.85. The second-order valence-electron chi connectivity index (χ2n) is 7.72. The van der Waals surface area contributed by atoms with E-state index in [4.69, 9.17) is 0 Å². The Morgan fingerprint density at radius 1 is 1.19 bits per heavy atom. The van der Waals surface area contributed by atoms with Gasteiger partial charge in [-0.25, -0.2) is 0 Å². The topological polar surface area (TPSA) is 32.3 Å². The molecule has 1 aromatic carbocycles. The smallest absolute Gasteiger partial charge is 0.335 e. The van der Waals surface area contributed by atoms with Crippen LogP contribution in [0, 0.1) is 11.3 Å². The van der Waals surface area contributed by atoms with Gasteiger partial charge in [-0.1, -0.05) is 18.2 Å². The van der Waals surface area contributed by atoms with Crippen molar-refractivity contribution in [2.75, 3.05) is 13.1 Å². The summed E-state index contributed by atoms with van der Waals surface area (Å²) in [4.78, 5) is 14.8. The van der Waals surface area contributed by atoms with Crippen LogP contribution in [-0.2, 0) is 17.5 Å².